The molecule has 0 spiro atoms. The Hall–Kier alpha value is -3.21. The molecule has 5 heteroatoms. The molecular formula is C18H14N2O3. The molecule has 0 saturated carbocycles. The summed E-state index contributed by atoms with van der Waals surface area (Å²) >= 11 is 0. The number of ether oxygens (including phenoxy) is 2. The number of nitrogens with zero attached hydrogens (tertiary/aromatic N) is 2. The van der Waals surface area contributed by atoms with Crippen LogP contribution in [0.25, 0.3) is 11.1 Å². The van der Waals surface area contributed by atoms with E-state index in [0.29, 0.717) is 23.6 Å². The number of methoxy groups -OCH3 is 1. The lowest BCUT2D eigenvalue weighted by Gasteiger charge is -2.12. The lowest BCUT2D eigenvalue weighted by molar-refractivity contribution is 0.111. The molecule has 0 aliphatic heterocycles. The molecule has 0 aliphatic carbocycles. The van der Waals surface area contributed by atoms with Crippen LogP contribution < -0.4 is 9.47 Å². The minimum atomic E-state index is 0.350. The Morgan fingerprint density at radius 2 is 1.78 bits per heavy atom. The fourth-order valence-corrected chi connectivity index (χ4v) is 2.18. The Bertz CT molecular complexity index is 817. The number of benzene rings is 1. The minimum Gasteiger partial charge on any atom is -0.496 e. The summed E-state index contributed by atoms with van der Waals surface area (Å²) in [5.41, 5.74) is 2.04. The number of hydrogen-bond acceptors (Lipinski definition) is 5. The summed E-state index contributed by atoms with van der Waals surface area (Å²) in [6.45, 7) is 0. The number of pyridine rings is 2. The highest BCUT2D eigenvalue weighted by molar-refractivity contribution is 5.74. The van der Waals surface area contributed by atoms with E-state index in [1.54, 1.807) is 25.4 Å². The highest BCUT2D eigenvalue weighted by atomic mass is 16.5. The topological polar surface area (TPSA) is 61.3 Å². The van der Waals surface area contributed by atoms with Crippen LogP contribution in [0.15, 0.2) is 60.9 Å². The molecule has 0 aliphatic rings. The summed E-state index contributed by atoms with van der Waals surface area (Å²) in [6.07, 6.45) is 3.83. The second-order valence-electron chi connectivity index (χ2n) is 4.70. The van der Waals surface area contributed by atoms with E-state index in [0.717, 1.165) is 16.9 Å². The molecule has 0 atom stereocenters. The maximum absolute atomic E-state index is 10.7. The third-order valence-corrected chi connectivity index (χ3v) is 3.26. The number of aldehydes is 1. The van der Waals surface area contributed by atoms with Gasteiger partial charge in [0, 0.05) is 17.3 Å². The molecule has 3 rings (SSSR count). The van der Waals surface area contributed by atoms with Crippen molar-refractivity contribution < 1.29 is 14.3 Å². The first kappa shape index (κ1) is 14.7. The van der Waals surface area contributed by atoms with Gasteiger partial charge >= 0.3 is 0 Å². The average Bonchev–Trinajstić information content (AvgIpc) is 2.63. The molecular weight excluding hydrogens is 292 g/mol. The quantitative estimate of drug-likeness (QED) is 0.672. The van der Waals surface area contributed by atoms with Crippen molar-refractivity contribution in [3.8, 4) is 28.5 Å². The van der Waals surface area contributed by atoms with Gasteiger partial charge in [-0.1, -0.05) is 18.2 Å². The molecule has 0 fully saturated rings. The van der Waals surface area contributed by atoms with Crippen molar-refractivity contribution in [1.29, 1.82) is 0 Å². The van der Waals surface area contributed by atoms with Crippen molar-refractivity contribution in [2.75, 3.05) is 7.11 Å². The van der Waals surface area contributed by atoms with Gasteiger partial charge in [0.15, 0.2) is 6.29 Å². The van der Waals surface area contributed by atoms with Crippen LogP contribution in [-0.4, -0.2) is 23.4 Å². The van der Waals surface area contributed by atoms with Gasteiger partial charge in [-0.05, 0) is 30.3 Å². The SMILES string of the molecule is COc1ccccc1-c1cccnc1Oc1ccc(C=O)nc1. The van der Waals surface area contributed by atoms with Gasteiger partial charge in [0.2, 0.25) is 5.88 Å². The lowest BCUT2D eigenvalue weighted by Crippen LogP contribution is -1.94. The van der Waals surface area contributed by atoms with Crippen molar-refractivity contribution in [2.24, 2.45) is 0 Å². The normalized spacial score (nSPS) is 10.1. The molecule has 2 aromatic heterocycles. The number of carbonyl (C=O) groups excluding carboxylic acids is 1. The van der Waals surface area contributed by atoms with Crippen LogP contribution in [0.3, 0.4) is 0 Å². The zero-order valence-electron chi connectivity index (χ0n) is 12.5. The van der Waals surface area contributed by atoms with Gasteiger partial charge in [-0.3, -0.25) is 4.79 Å². The first-order valence-corrected chi connectivity index (χ1v) is 6.99. The van der Waals surface area contributed by atoms with Crippen LogP contribution >= 0.6 is 0 Å². The van der Waals surface area contributed by atoms with Crippen molar-refractivity contribution in [1.82, 2.24) is 9.97 Å². The number of carbonyl (C=O) groups is 1. The van der Waals surface area contributed by atoms with Gasteiger partial charge in [-0.25, -0.2) is 9.97 Å². The fraction of sp³-hybridized carbons (Fsp3) is 0.0556. The summed E-state index contributed by atoms with van der Waals surface area (Å²) in [6, 6.07) is 14.7. The highest BCUT2D eigenvalue weighted by Crippen LogP contribution is 2.36. The second kappa shape index (κ2) is 6.70. The van der Waals surface area contributed by atoms with Crippen molar-refractivity contribution in [3.05, 3.63) is 66.6 Å². The van der Waals surface area contributed by atoms with Gasteiger partial charge in [0.05, 0.1) is 13.3 Å². The summed E-state index contributed by atoms with van der Waals surface area (Å²) in [5, 5.41) is 0. The third kappa shape index (κ3) is 3.18. The van der Waals surface area contributed by atoms with Crippen molar-refractivity contribution in [2.45, 2.75) is 0 Å². The number of rotatable bonds is 5. The lowest BCUT2D eigenvalue weighted by atomic mass is 10.1. The summed E-state index contributed by atoms with van der Waals surface area (Å²) in [5.74, 6) is 1.68. The highest BCUT2D eigenvalue weighted by Gasteiger charge is 2.12. The summed E-state index contributed by atoms with van der Waals surface area (Å²) in [4.78, 5) is 18.9. The molecule has 5 nitrogen and oxygen atoms in total. The van der Waals surface area contributed by atoms with E-state index in [1.807, 2.05) is 36.4 Å². The largest absolute Gasteiger partial charge is 0.496 e. The number of hydrogen-bond donors (Lipinski definition) is 0. The maximum Gasteiger partial charge on any atom is 0.227 e. The molecule has 3 aromatic rings. The molecule has 0 radical (unpaired) electrons. The Morgan fingerprint density at radius 3 is 2.52 bits per heavy atom. The second-order valence-corrected chi connectivity index (χ2v) is 4.70. The molecule has 2 heterocycles. The van der Waals surface area contributed by atoms with E-state index < -0.39 is 0 Å². The first-order valence-electron chi connectivity index (χ1n) is 6.99. The molecule has 0 N–H and O–H groups in total. The Labute approximate surface area is 133 Å². The summed E-state index contributed by atoms with van der Waals surface area (Å²) in [7, 11) is 1.62. The molecule has 0 saturated heterocycles. The first-order chi connectivity index (χ1) is 11.3. The standard InChI is InChI=1S/C18H14N2O3/c1-22-17-7-3-2-5-15(17)16-6-4-10-19-18(16)23-14-9-8-13(12-21)20-11-14/h2-12H,1H3. The third-order valence-electron chi connectivity index (χ3n) is 3.26. The Balaban J connectivity index is 1.98. The molecule has 0 unspecified atom stereocenters. The summed E-state index contributed by atoms with van der Waals surface area (Å²) < 4.78 is 11.2. The molecule has 0 bridgehead atoms. The fourth-order valence-electron chi connectivity index (χ4n) is 2.18. The molecule has 114 valence electrons. The van der Waals surface area contributed by atoms with Crippen molar-refractivity contribution >= 4 is 6.29 Å². The predicted octanol–water partition coefficient (Wildman–Crippen LogP) is 3.76. The molecule has 1 aromatic carbocycles. The van der Waals surface area contributed by atoms with Crippen LogP contribution in [0.1, 0.15) is 10.5 Å². The number of aromatic nitrogens is 2. The monoisotopic (exact) mass is 306 g/mol. The zero-order chi connectivity index (χ0) is 16.1. The van der Waals surface area contributed by atoms with E-state index in [1.165, 1.54) is 6.20 Å². The van der Waals surface area contributed by atoms with Crippen LogP contribution in [0.4, 0.5) is 0 Å². The van der Waals surface area contributed by atoms with Gasteiger partial charge in [0.25, 0.3) is 0 Å². The maximum atomic E-state index is 10.7. The van der Waals surface area contributed by atoms with Gasteiger partial charge < -0.3 is 9.47 Å². The van der Waals surface area contributed by atoms with Crippen LogP contribution in [-0.2, 0) is 0 Å². The van der Waals surface area contributed by atoms with Crippen LogP contribution in [0.2, 0.25) is 0 Å². The van der Waals surface area contributed by atoms with E-state index in [9.17, 15) is 4.79 Å². The van der Waals surface area contributed by atoms with Gasteiger partial charge in [-0.2, -0.15) is 0 Å². The van der Waals surface area contributed by atoms with Crippen LogP contribution in [0.5, 0.6) is 17.4 Å². The Kier molecular flexibility index (Phi) is 4.29. The molecule has 23 heavy (non-hydrogen) atoms. The Morgan fingerprint density at radius 1 is 0.957 bits per heavy atom. The van der Waals surface area contributed by atoms with Crippen LogP contribution in [0, 0.1) is 0 Å². The molecule has 0 amide bonds. The van der Waals surface area contributed by atoms with E-state index in [-0.39, 0.29) is 0 Å². The van der Waals surface area contributed by atoms with Gasteiger partial charge in [0.1, 0.15) is 17.2 Å². The van der Waals surface area contributed by atoms with E-state index in [2.05, 4.69) is 9.97 Å². The van der Waals surface area contributed by atoms with Crippen molar-refractivity contribution in [3.63, 3.8) is 0 Å². The zero-order valence-corrected chi connectivity index (χ0v) is 12.5. The smallest absolute Gasteiger partial charge is 0.227 e. The van der Waals surface area contributed by atoms with Gasteiger partial charge in [-0.15, -0.1) is 0 Å². The average molecular weight is 306 g/mol. The van der Waals surface area contributed by atoms with E-state index >= 15 is 0 Å². The van der Waals surface area contributed by atoms with E-state index in [4.69, 9.17) is 9.47 Å². The minimum absolute atomic E-state index is 0.350. The predicted molar refractivity (Wildman–Crippen MR) is 85.9 cm³/mol. The number of para-hydroxylation sites is 1.